The highest BCUT2D eigenvalue weighted by Gasteiger charge is 2.61. The maximum atomic E-state index is 14.4. The van der Waals surface area contributed by atoms with E-state index in [9.17, 15) is 32.4 Å². The second kappa shape index (κ2) is 19.9. The zero-order chi connectivity index (χ0) is 46.2. The fraction of sp³-hybridized carbons (Fsp3) is 0.404. The van der Waals surface area contributed by atoms with Gasteiger partial charge in [-0.25, -0.2) is 22.9 Å². The van der Waals surface area contributed by atoms with Crippen LogP contribution in [0.15, 0.2) is 96.4 Å². The molecule has 2 unspecified atom stereocenters. The lowest BCUT2D eigenvalue weighted by Crippen LogP contribution is -2.56. The van der Waals surface area contributed by atoms with Crippen LogP contribution in [0.3, 0.4) is 0 Å². The largest absolute Gasteiger partial charge is 0.497 e. The third-order valence-electron chi connectivity index (χ3n) is 11.0. The molecule has 340 valence electrons. The van der Waals surface area contributed by atoms with Gasteiger partial charge in [0.15, 0.2) is 0 Å². The van der Waals surface area contributed by atoms with Crippen molar-refractivity contribution in [2.75, 3.05) is 26.1 Å². The van der Waals surface area contributed by atoms with Crippen molar-refractivity contribution in [1.82, 2.24) is 19.9 Å². The number of unbranched alkanes of at least 4 members (excludes halogenated alkanes) is 3. The van der Waals surface area contributed by atoms with Gasteiger partial charge in [0.25, 0.3) is 15.9 Å². The number of pyridine rings is 1. The van der Waals surface area contributed by atoms with Crippen molar-refractivity contribution < 1.29 is 51.3 Å². The van der Waals surface area contributed by atoms with Gasteiger partial charge in [0, 0.05) is 48.3 Å². The van der Waals surface area contributed by atoms with Crippen molar-refractivity contribution in [1.29, 1.82) is 0 Å². The standard InChI is InChI=1S/C47H55N5O11S/c1-7-31-28-47(31,44(56)51-64(58,59)40-20-16-15-19-35(40)49-41(53)21-13-8-9-14-22-42(54)61-6)50-43(55)38-26-33(29-52(38)45(57)63-46(2,3)4)62-39-27-36(30-17-11-10-12-18-30)48-37-25-32(60-5)23-24-34(37)39/h7,10-12,15-20,23-25,27,31,33,38H,1,8-9,13-14,21-22,26,28-29H2,2-6H3,(H,49,53)(H,50,55)(H,51,56)/t31?,33-,38+,47?/m1/s1. The molecule has 0 spiro atoms. The molecule has 1 aromatic heterocycles. The minimum atomic E-state index is -4.60. The van der Waals surface area contributed by atoms with Gasteiger partial charge in [-0.15, -0.1) is 6.58 Å². The van der Waals surface area contributed by atoms with Gasteiger partial charge in [0.05, 0.1) is 37.7 Å². The number of para-hydroxylation sites is 1. The van der Waals surface area contributed by atoms with Crippen molar-refractivity contribution >= 4 is 56.4 Å². The number of aromatic nitrogens is 1. The molecule has 16 nitrogen and oxygen atoms in total. The summed E-state index contributed by atoms with van der Waals surface area (Å²) in [6.45, 7) is 8.85. The van der Waals surface area contributed by atoms with Crippen molar-refractivity contribution in [2.24, 2.45) is 5.92 Å². The first-order valence-corrected chi connectivity index (χ1v) is 22.6. The van der Waals surface area contributed by atoms with E-state index in [0.717, 1.165) is 5.56 Å². The van der Waals surface area contributed by atoms with E-state index in [2.05, 4.69) is 26.7 Å². The Morgan fingerprint density at radius 2 is 1.62 bits per heavy atom. The summed E-state index contributed by atoms with van der Waals surface area (Å²) in [5.74, 6) is -2.05. The summed E-state index contributed by atoms with van der Waals surface area (Å²) >= 11 is 0. The van der Waals surface area contributed by atoms with Gasteiger partial charge in [0.2, 0.25) is 11.8 Å². The Morgan fingerprint density at radius 3 is 2.30 bits per heavy atom. The van der Waals surface area contributed by atoms with Crippen LogP contribution in [-0.2, 0) is 38.7 Å². The van der Waals surface area contributed by atoms with Crippen LogP contribution in [0, 0.1) is 5.92 Å². The van der Waals surface area contributed by atoms with Gasteiger partial charge in [-0.1, -0.05) is 61.4 Å². The molecule has 64 heavy (non-hydrogen) atoms. The summed E-state index contributed by atoms with van der Waals surface area (Å²) in [6, 6.07) is 21.2. The molecule has 0 radical (unpaired) electrons. The number of esters is 1. The third kappa shape index (κ3) is 11.4. The molecule has 3 aromatic carbocycles. The lowest BCUT2D eigenvalue weighted by atomic mass is 10.1. The van der Waals surface area contributed by atoms with Crippen LogP contribution in [0.2, 0.25) is 0 Å². The highest BCUT2D eigenvalue weighted by atomic mass is 32.2. The molecule has 1 saturated carbocycles. The Kier molecular flexibility index (Phi) is 14.6. The van der Waals surface area contributed by atoms with E-state index in [4.69, 9.17) is 19.2 Å². The number of carbonyl (C=O) groups is 5. The van der Waals surface area contributed by atoms with E-state index in [1.165, 1.54) is 36.3 Å². The van der Waals surface area contributed by atoms with Crippen molar-refractivity contribution in [3.8, 4) is 22.8 Å². The summed E-state index contributed by atoms with van der Waals surface area (Å²) in [5, 5.41) is 6.08. The van der Waals surface area contributed by atoms with E-state index >= 15 is 0 Å². The quantitative estimate of drug-likeness (QED) is 0.0543. The van der Waals surface area contributed by atoms with Crippen molar-refractivity contribution in [3.63, 3.8) is 0 Å². The lowest BCUT2D eigenvalue weighted by Gasteiger charge is -2.29. The predicted octanol–water partition coefficient (Wildman–Crippen LogP) is 6.69. The average Bonchev–Trinajstić information content (AvgIpc) is 3.82. The Bertz CT molecular complexity index is 2510. The lowest BCUT2D eigenvalue weighted by molar-refractivity contribution is -0.140. The van der Waals surface area contributed by atoms with Gasteiger partial charge in [0.1, 0.15) is 39.7 Å². The molecular formula is C47H55N5O11S. The molecule has 3 N–H and O–H groups in total. The third-order valence-corrected chi connectivity index (χ3v) is 12.4. The number of nitrogens with zero attached hydrogens (tertiary/aromatic N) is 2. The minimum Gasteiger partial charge on any atom is -0.497 e. The number of likely N-dealkylation sites (tertiary alicyclic amines) is 1. The van der Waals surface area contributed by atoms with E-state index < -0.39 is 63.0 Å². The van der Waals surface area contributed by atoms with Gasteiger partial charge >= 0.3 is 12.1 Å². The van der Waals surface area contributed by atoms with Crippen molar-refractivity contribution in [3.05, 3.63) is 91.5 Å². The average molecular weight is 898 g/mol. The van der Waals surface area contributed by atoms with E-state index in [0.29, 0.717) is 53.8 Å². The molecule has 2 fully saturated rings. The number of hydrogen-bond acceptors (Lipinski definition) is 12. The number of sulfonamides is 1. The van der Waals surface area contributed by atoms with Gasteiger partial charge in [-0.05, 0) is 64.3 Å². The number of hydrogen-bond donors (Lipinski definition) is 3. The Labute approximate surface area is 373 Å². The fourth-order valence-corrected chi connectivity index (χ4v) is 8.83. The Hall–Kier alpha value is -6.49. The summed E-state index contributed by atoms with van der Waals surface area (Å²) in [6.07, 6.45) is 2.91. The number of amides is 4. The number of carbonyl (C=O) groups excluding carboxylic acids is 5. The molecule has 6 rings (SSSR count). The molecule has 1 saturated heterocycles. The molecule has 1 aliphatic heterocycles. The number of methoxy groups -OCH3 is 2. The summed E-state index contributed by atoms with van der Waals surface area (Å²) in [5.41, 5.74) is -0.594. The number of benzene rings is 3. The summed E-state index contributed by atoms with van der Waals surface area (Å²) in [7, 11) is -1.72. The maximum Gasteiger partial charge on any atom is 0.411 e. The molecule has 4 aromatic rings. The van der Waals surface area contributed by atoms with E-state index in [1.54, 1.807) is 52.1 Å². The highest BCUT2D eigenvalue weighted by molar-refractivity contribution is 7.90. The van der Waals surface area contributed by atoms with Crippen LogP contribution in [-0.4, -0.2) is 92.1 Å². The molecule has 17 heteroatoms. The highest BCUT2D eigenvalue weighted by Crippen LogP contribution is 2.45. The van der Waals surface area contributed by atoms with Crippen LogP contribution < -0.4 is 24.8 Å². The second-order valence-electron chi connectivity index (χ2n) is 16.9. The monoisotopic (exact) mass is 897 g/mol. The molecule has 4 atom stereocenters. The Morgan fingerprint density at radius 1 is 0.922 bits per heavy atom. The van der Waals surface area contributed by atoms with E-state index in [-0.39, 0.29) is 48.8 Å². The fourth-order valence-electron chi connectivity index (χ4n) is 7.62. The normalized spacial score (nSPS) is 19.3. The van der Waals surface area contributed by atoms with Gasteiger partial charge in [-0.3, -0.25) is 24.1 Å². The number of nitrogens with one attached hydrogen (secondary N) is 3. The van der Waals surface area contributed by atoms with Crippen LogP contribution in [0.1, 0.15) is 72.1 Å². The number of anilines is 1. The zero-order valence-corrected chi connectivity index (χ0v) is 37.5. The first kappa shape index (κ1) is 47.0. The first-order chi connectivity index (χ1) is 30.5. The smallest absolute Gasteiger partial charge is 0.411 e. The molecule has 2 heterocycles. The number of rotatable bonds is 18. The minimum absolute atomic E-state index is 0.00103. The SMILES string of the molecule is C=CC1CC1(NC(=O)[C@@H]1C[C@@H](Oc2cc(-c3ccccc3)nc3cc(OC)ccc23)CN1C(=O)OC(C)(C)C)C(=O)NS(=O)(=O)c1ccccc1NC(=O)CCCCCCC(=O)OC. The first-order valence-electron chi connectivity index (χ1n) is 21.1. The predicted molar refractivity (Wildman–Crippen MR) is 239 cm³/mol. The summed E-state index contributed by atoms with van der Waals surface area (Å²) in [4.78, 5) is 72.2. The van der Waals surface area contributed by atoms with Crippen LogP contribution >= 0.6 is 0 Å². The molecule has 0 bridgehead atoms. The van der Waals surface area contributed by atoms with Gasteiger partial charge in [-0.2, -0.15) is 0 Å². The van der Waals surface area contributed by atoms with Crippen LogP contribution in [0.4, 0.5) is 10.5 Å². The topological polar surface area (TPSA) is 209 Å². The summed E-state index contributed by atoms with van der Waals surface area (Å²) < 4.78 is 52.2. The number of ether oxygens (including phenoxy) is 4. The molecular weight excluding hydrogens is 843 g/mol. The van der Waals surface area contributed by atoms with E-state index in [1.807, 2.05) is 36.4 Å². The van der Waals surface area contributed by atoms with Gasteiger partial charge < -0.3 is 29.6 Å². The molecule has 2 aliphatic rings. The molecule has 1 aliphatic carbocycles. The number of fused-ring (bicyclic) bond motifs is 1. The zero-order valence-electron chi connectivity index (χ0n) is 36.7. The van der Waals surface area contributed by atoms with Crippen molar-refractivity contribution in [2.45, 2.75) is 100 Å². The Balaban J connectivity index is 1.19. The second-order valence-corrected chi connectivity index (χ2v) is 18.5. The maximum absolute atomic E-state index is 14.4. The van der Waals surface area contributed by atoms with Crippen LogP contribution in [0.5, 0.6) is 11.5 Å². The van der Waals surface area contributed by atoms with Crippen LogP contribution in [0.25, 0.3) is 22.2 Å². The molecule has 4 amide bonds.